The molecule has 0 atom stereocenters. The molecule has 0 saturated carbocycles. The molecule has 2 aromatic rings. The first-order chi connectivity index (χ1) is 10.8. The van der Waals surface area contributed by atoms with Crippen LogP contribution in [0.2, 0.25) is 0 Å². The summed E-state index contributed by atoms with van der Waals surface area (Å²) in [6, 6.07) is 7.36. The lowest BCUT2D eigenvalue weighted by Gasteiger charge is -2.20. The van der Waals surface area contributed by atoms with Gasteiger partial charge in [-0.05, 0) is 45.0 Å². The number of benzene rings is 1. The molecule has 124 valence electrons. The van der Waals surface area contributed by atoms with Gasteiger partial charge in [-0.25, -0.2) is 4.68 Å². The fourth-order valence-electron chi connectivity index (χ4n) is 1.90. The third-order valence-corrected chi connectivity index (χ3v) is 3.80. The van der Waals surface area contributed by atoms with E-state index in [2.05, 4.69) is 15.5 Å². The van der Waals surface area contributed by atoms with Crippen LogP contribution in [0.4, 0.5) is 0 Å². The molecular formula is C15H21N5O2S. The van der Waals surface area contributed by atoms with Crippen LogP contribution >= 0.6 is 11.8 Å². The number of carbonyl (C=O) groups is 1. The Labute approximate surface area is 139 Å². The van der Waals surface area contributed by atoms with E-state index < -0.39 is 0 Å². The van der Waals surface area contributed by atoms with E-state index in [1.54, 1.807) is 7.11 Å². The van der Waals surface area contributed by atoms with E-state index in [-0.39, 0.29) is 17.2 Å². The number of nitrogen functional groups attached to an aromatic ring is 1. The van der Waals surface area contributed by atoms with Gasteiger partial charge in [0.05, 0.1) is 12.9 Å². The summed E-state index contributed by atoms with van der Waals surface area (Å²) in [5.41, 5.74) is 0.564. The normalized spacial score (nSPS) is 11.3. The molecule has 0 spiro atoms. The molecule has 1 aromatic heterocycles. The van der Waals surface area contributed by atoms with E-state index in [0.717, 1.165) is 11.3 Å². The number of nitrogens with two attached hydrogens (primary N) is 1. The molecule has 0 bridgehead atoms. The maximum atomic E-state index is 11.8. The Kier molecular flexibility index (Phi) is 5.15. The molecule has 1 aromatic carbocycles. The number of nitrogens with zero attached hydrogens (tertiary/aromatic N) is 3. The molecule has 1 heterocycles. The summed E-state index contributed by atoms with van der Waals surface area (Å²) in [4.78, 5) is 11.8. The van der Waals surface area contributed by atoms with Crippen molar-refractivity contribution < 1.29 is 9.53 Å². The summed E-state index contributed by atoms with van der Waals surface area (Å²) < 4.78 is 6.51. The number of carbonyl (C=O) groups excluding carboxylic acids is 1. The molecule has 0 fully saturated rings. The second-order valence-corrected chi connectivity index (χ2v) is 6.93. The summed E-state index contributed by atoms with van der Waals surface area (Å²) in [6.07, 6.45) is 0. The molecule has 0 unspecified atom stereocenters. The monoisotopic (exact) mass is 335 g/mol. The molecular weight excluding hydrogens is 314 g/mol. The van der Waals surface area contributed by atoms with Crippen LogP contribution in [0.25, 0.3) is 11.4 Å². The predicted octanol–water partition coefficient (Wildman–Crippen LogP) is 1.67. The highest BCUT2D eigenvalue weighted by atomic mass is 32.2. The first-order valence-corrected chi connectivity index (χ1v) is 8.07. The fraction of sp³-hybridized carbons (Fsp3) is 0.400. The van der Waals surface area contributed by atoms with E-state index in [9.17, 15) is 4.79 Å². The van der Waals surface area contributed by atoms with Crippen molar-refractivity contribution >= 4 is 17.7 Å². The topological polar surface area (TPSA) is 95.1 Å². The van der Waals surface area contributed by atoms with Crippen LogP contribution in [0.15, 0.2) is 29.4 Å². The van der Waals surface area contributed by atoms with Gasteiger partial charge in [-0.2, -0.15) is 0 Å². The van der Waals surface area contributed by atoms with Gasteiger partial charge < -0.3 is 15.9 Å². The summed E-state index contributed by atoms with van der Waals surface area (Å²) in [6.45, 7) is 5.80. The standard InChI is InChI=1S/C15H21N5O2S/c1-15(2,3)17-12(21)9-23-14-19-18-13(20(14)16)10-5-7-11(22-4)8-6-10/h5-8H,9,16H2,1-4H3,(H,17,21). The van der Waals surface area contributed by atoms with Crippen LogP contribution < -0.4 is 15.9 Å². The van der Waals surface area contributed by atoms with Crippen molar-refractivity contribution in [2.24, 2.45) is 0 Å². The summed E-state index contributed by atoms with van der Waals surface area (Å²) in [5, 5.41) is 11.5. The van der Waals surface area contributed by atoms with Crippen LogP contribution in [0.3, 0.4) is 0 Å². The Morgan fingerprint density at radius 2 is 1.96 bits per heavy atom. The number of amides is 1. The minimum atomic E-state index is -0.262. The van der Waals surface area contributed by atoms with Crippen molar-refractivity contribution in [1.82, 2.24) is 20.2 Å². The molecule has 2 rings (SSSR count). The largest absolute Gasteiger partial charge is 0.497 e. The smallest absolute Gasteiger partial charge is 0.230 e. The van der Waals surface area contributed by atoms with E-state index in [1.807, 2.05) is 45.0 Å². The van der Waals surface area contributed by atoms with E-state index in [1.165, 1.54) is 16.4 Å². The Bertz CT molecular complexity index is 676. The van der Waals surface area contributed by atoms with Gasteiger partial charge in [0.1, 0.15) is 5.75 Å². The summed E-state index contributed by atoms with van der Waals surface area (Å²) >= 11 is 1.25. The highest BCUT2D eigenvalue weighted by Gasteiger charge is 2.17. The van der Waals surface area contributed by atoms with E-state index in [4.69, 9.17) is 10.6 Å². The van der Waals surface area contributed by atoms with Crippen molar-refractivity contribution in [2.45, 2.75) is 31.5 Å². The Morgan fingerprint density at radius 3 is 2.52 bits per heavy atom. The first-order valence-electron chi connectivity index (χ1n) is 7.09. The maximum Gasteiger partial charge on any atom is 0.230 e. The zero-order valence-electron chi connectivity index (χ0n) is 13.7. The second kappa shape index (κ2) is 6.91. The zero-order valence-corrected chi connectivity index (χ0v) is 14.5. The average molecular weight is 335 g/mol. The van der Waals surface area contributed by atoms with Gasteiger partial charge in [-0.15, -0.1) is 10.2 Å². The lowest BCUT2D eigenvalue weighted by atomic mass is 10.1. The molecule has 3 N–H and O–H groups in total. The molecule has 0 saturated heterocycles. The molecule has 8 heteroatoms. The molecule has 0 aliphatic rings. The number of methoxy groups -OCH3 is 1. The van der Waals surface area contributed by atoms with Crippen LogP contribution in [0.1, 0.15) is 20.8 Å². The van der Waals surface area contributed by atoms with Gasteiger partial charge in [0.25, 0.3) is 0 Å². The number of ether oxygens (including phenoxy) is 1. The Morgan fingerprint density at radius 1 is 1.30 bits per heavy atom. The number of hydrogen-bond donors (Lipinski definition) is 2. The number of rotatable bonds is 5. The molecule has 0 aliphatic heterocycles. The van der Waals surface area contributed by atoms with Crippen molar-refractivity contribution in [3.05, 3.63) is 24.3 Å². The van der Waals surface area contributed by atoms with Crippen molar-refractivity contribution in [2.75, 3.05) is 18.7 Å². The summed E-state index contributed by atoms with van der Waals surface area (Å²) in [5.74, 6) is 7.47. The number of nitrogens with one attached hydrogen (secondary N) is 1. The van der Waals surface area contributed by atoms with Crippen molar-refractivity contribution in [3.8, 4) is 17.1 Å². The molecule has 23 heavy (non-hydrogen) atoms. The quantitative estimate of drug-likeness (QED) is 0.637. The van der Waals surface area contributed by atoms with Gasteiger partial charge in [0.15, 0.2) is 5.82 Å². The lowest BCUT2D eigenvalue weighted by Crippen LogP contribution is -2.41. The van der Waals surface area contributed by atoms with Crippen molar-refractivity contribution in [3.63, 3.8) is 0 Å². The van der Waals surface area contributed by atoms with Gasteiger partial charge in [-0.3, -0.25) is 4.79 Å². The highest BCUT2D eigenvalue weighted by Crippen LogP contribution is 2.23. The molecule has 0 radical (unpaired) electrons. The van der Waals surface area contributed by atoms with Gasteiger partial charge in [0, 0.05) is 11.1 Å². The Balaban J connectivity index is 2.05. The third kappa shape index (κ3) is 4.62. The average Bonchev–Trinajstić information content (AvgIpc) is 2.84. The molecule has 7 nitrogen and oxygen atoms in total. The number of aromatic nitrogens is 3. The molecule has 0 aliphatic carbocycles. The molecule has 1 amide bonds. The first kappa shape index (κ1) is 17.1. The predicted molar refractivity (Wildman–Crippen MR) is 90.8 cm³/mol. The number of hydrogen-bond acceptors (Lipinski definition) is 6. The van der Waals surface area contributed by atoms with E-state index >= 15 is 0 Å². The van der Waals surface area contributed by atoms with Gasteiger partial charge in [0.2, 0.25) is 11.1 Å². The van der Waals surface area contributed by atoms with Gasteiger partial charge in [-0.1, -0.05) is 11.8 Å². The minimum Gasteiger partial charge on any atom is -0.497 e. The number of thioether (sulfide) groups is 1. The van der Waals surface area contributed by atoms with Crippen LogP contribution in [0, 0.1) is 0 Å². The van der Waals surface area contributed by atoms with Crippen LogP contribution in [-0.2, 0) is 4.79 Å². The second-order valence-electron chi connectivity index (χ2n) is 5.99. The minimum absolute atomic E-state index is 0.0727. The lowest BCUT2D eigenvalue weighted by molar-refractivity contribution is -0.119. The summed E-state index contributed by atoms with van der Waals surface area (Å²) in [7, 11) is 1.61. The maximum absolute atomic E-state index is 11.8. The van der Waals surface area contributed by atoms with E-state index in [0.29, 0.717) is 11.0 Å². The van der Waals surface area contributed by atoms with Gasteiger partial charge >= 0.3 is 0 Å². The zero-order chi connectivity index (χ0) is 17.0. The fourth-order valence-corrected chi connectivity index (χ4v) is 2.55. The Hall–Kier alpha value is -2.22. The highest BCUT2D eigenvalue weighted by molar-refractivity contribution is 7.99. The van der Waals surface area contributed by atoms with Crippen molar-refractivity contribution in [1.29, 1.82) is 0 Å². The third-order valence-electron chi connectivity index (χ3n) is 2.86. The van der Waals surface area contributed by atoms with Crippen LogP contribution in [0.5, 0.6) is 5.75 Å². The SMILES string of the molecule is COc1ccc(-c2nnc(SCC(=O)NC(C)(C)C)n2N)cc1. The van der Waals surface area contributed by atoms with Crippen LogP contribution in [-0.4, -0.2) is 39.2 Å².